The van der Waals surface area contributed by atoms with E-state index in [9.17, 15) is 27.3 Å². The van der Waals surface area contributed by atoms with Crippen molar-refractivity contribution in [3.05, 3.63) is 54.1 Å². The molecule has 0 spiro atoms. The number of nitrogens with zero attached hydrogens (tertiary/aromatic N) is 1. The second-order valence-electron chi connectivity index (χ2n) is 5.63. The van der Waals surface area contributed by atoms with E-state index in [0.29, 0.717) is 5.75 Å². The highest BCUT2D eigenvalue weighted by Gasteiger charge is 2.37. The third-order valence-corrected chi connectivity index (χ3v) is 4.86. The number of amides is 2. The summed E-state index contributed by atoms with van der Waals surface area (Å²) < 4.78 is 54.0. The van der Waals surface area contributed by atoms with Crippen LogP contribution in [0.4, 0.5) is 23.7 Å². The van der Waals surface area contributed by atoms with Crippen molar-refractivity contribution in [2.75, 3.05) is 25.6 Å². The third-order valence-electron chi connectivity index (χ3n) is 3.74. The third kappa shape index (κ3) is 5.70. The number of halogens is 3. The van der Waals surface area contributed by atoms with E-state index >= 15 is 0 Å². The van der Waals surface area contributed by atoms with Crippen molar-refractivity contribution < 1.29 is 32.0 Å². The molecule has 0 bridgehead atoms. The van der Waals surface area contributed by atoms with Crippen LogP contribution in [0.1, 0.15) is 5.56 Å². The quantitative estimate of drug-likeness (QED) is 0.726. The number of hydrogen-bond donors (Lipinski definition) is 2. The second kappa shape index (κ2) is 9.56. The minimum atomic E-state index is -4.85. The fourth-order valence-corrected chi connectivity index (χ4v) is 3.06. The zero-order valence-corrected chi connectivity index (χ0v) is 15.7. The van der Waals surface area contributed by atoms with Crippen LogP contribution in [0.15, 0.2) is 53.4 Å². The molecule has 0 aliphatic carbocycles. The molecule has 6 nitrogen and oxygen atoms in total. The molecule has 0 fully saturated rings. The first-order chi connectivity index (χ1) is 13.3. The van der Waals surface area contributed by atoms with Crippen molar-refractivity contribution in [3.8, 4) is 5.75 Å². The molecular weight excluding hydrogens is 397 g/mol. The van der Waals surface area contributed by atoms with Crippen LogP contribution in [0.25, 0.3) is 0 Å². The van der Waals surface area contributed by atoms with Crippen LogP contribution in [-0.4, -0.2) is 46.0 Å². The Morgan fingerprint density at radius 1 is 1.18 bits per heavy atom. The average molecular weight is 416 g/mol. The Morgan fingerprint density at radius 2 is 1.82 bits per heavy atom. The van der Waals surface area contributed by atoms with Gasteiger partial charge in [-0.1, -0.05) is 18.2 Å². The lowest BCUT2D eigenvalue weighted by Crippen LogP contribution is -2.36. The fraction of sp³-hybridized carbons (Fsp3) is 0.278. The summed E-state index contributed by atoms with van der Waals surface area (Å²) in [5.41, 5.74) is -3.89. The maximum Gasteiger partial charge on any atom is 0.475 e. The van der Waals surface area contributed by atoms with E-state index in [0.717, 1.165) is 17.7 Å². The first-order valence-corrected chi connectivity index (χ1v) is 9.28. The van der Waals surface area contributed by atoms with Gasteiger partial charge in [0.1, 0.15) is 5.75 Å². The summed E-state index contributed by atoms with van der Waals surface area (Å²) in [6, 6.07) is 11.1. The molecule has 1 atom stereocenters. The monoisotopic (exact) mass is 416 g/mol. The number of benzene rings is 2. The number of ether oxygens (including phenoxy) is 1. The number of aliphatic hydroxyl groups is 1. The highest BCUT2D eigenvalue weighted by atomic mass is 32.2. The summed E-state index contributed by atoms with van der Waals surface area (Å²) in [5, 5.41) is 11.8. The van der Waals surface area contributed by atoms with Gasteiger partial charge >= 0.3 is 11.5 Å². The SMILES string of the molecule is COc1ccccc1CN(CCO)C(=O)Nc1ccc(S(=O)C(F)(F)F)cc1. The lowest BCUT2D eigenvalue weighted by Gasteiger charge is -2.23. The highest BCUT2D eigenvalue weighted by molar-refractivity contribution is 7.86. The van der Waals surface area contributed by atoms with E-state index in [1.807, 2.05) is 0 Å². The summed E-state index contributed by atoms with van der Waals surface area (Å²) in [4.78, 5) is 13.4. The normalized spacial score (nSPS) is 12.3. The van der Waals surface area contributed by atoms with Gasteiger partial charge < -0.3 is 20.1 Å². The van der Waals surface area contributed by atoms with E-state index in [4.69, 9.17) is 4.74 Å². The number of nitrogens with one attached hydrogen (secondary N) is 1. The van der Waals surface area contributed by atoms with Crippen molar-refractivity contribution in [1.82, 2.24) is 4.90 Å². The molecule has 10 heteroatoms. The Hall–Kier alpha value is -2.59. The highest BCUT2D eigenvalue weighted by Crippen LogP contribution is 2.27. The molecule has 2 aromatic rings. The molecule has 2 rings (SSSR count). The number of aliphatic hydroxyl groups excluding tert-OH is 1. The number of methoxy groups -OCH3 is 1. The van der Waals surface area contributed by atoms with E-state index in [1.165, 1.54) is 24.1 Å². The van der Waals surface area contributed by atoms with Crippen LogP contribution >= 0.6 is 0 Å². The molecule has 1 unspecified atom stereocenters. The second-order valence-corrected chi connectivity index (χ2v) is 7.10. The maximum atomic E-state index is 12.5. The van der Waals surface area contributed by atoms with Gasteiger partial charge in [0.2, 0.25) is 0 Å². The van der Waals surface area contributed by atoms with Gasteiger partial charge in [-0.15, -0.1) is 0 Å². The number of alkyl halides is 3. The molecule has 0 saturated carbocycles. The van der Waals surface area contributed by atoms with E-state index < -0.39 is 27.2 Å². The minimum Gasteiger partial charge on any atom is -0.496 e. The molecule has 0 aromatic heterocycles. The molecule has 0 radical (unpaired) electrons. The Morgan fingerprint density at radius 3 is 2.39 bits per heavy atom. The largest absolute Gasteiger partial charge is 0.496 e. The Bertz CT molecular complexity index is 828. The van der Waals surface area contributed by atoms with Crippen LogP contribution in [-0.2, 0) is 17.3 Å². The van der Waals surface area contributed by atoms with E-state index in [-0.39, 0.29) is 25.4 Å². The molecular formula is C18H19F3N2O4S. The van der Waals surface area contributed by atoms with Crippen LogP contribution in [0.3, 0.4) is 0 Å². The van der Waals surface area contributed by atoms with Gasteiger partial charge in [-0.2, -0.15) is 13.2 Å². The summed E-state index contributed by atoms with van der Waals surface area (Å²) in [7, 11) is -1.63. The molecule has 2 aromatic carbocycles. The summed E-state index contributed by atoms with van der Waals surface area (Å²) >= 11 is 0. The van der Waals surface area contributed by atoms with Gasteiger partial charge in [0.25, 0.3) is 0 Å². The van der Waals surface area contributed by atoms with Crippen LogP contribution in [0.2, 0.25) is 0 Å². The van der Waals surface area contributed by atoms with Gasteiger partial charge in [0.05, 0.1) is 20.3 Å². The number of hydrogen-bond acceptors (Lipinski definition) is 4. The van der Waals surface area contributed by atoms with Crippen LogP contribution in [0.5, 0.6) is 5.75 Å². The molecule has 0 aliphatic heterocycles. The maximum absolute atomic E-state index is 12.5. The lowest BCUT2D eigenvalue weighted by molar-refractivity contribution is -0.0384. The number of rotatable bonds is 7. The zero-order chi connectivity index (χ0) is 20.7. The Kier molecular flexibility index (Phi) is 7.41. The van der Waals surface area contributed by atoms with Gasteiger partial charge in [-0.25, -0.2) is 9.00 Å². The van der Waals surface area contributed by atoms with Crippen molar-refractivity contribution in [1.29, 1.82) is 0 Å². The Labute approximate surface area is 162 Å². The standard InChI is InChI=1S/C18H19F3N2O4S/c1-27-16-5-3-2-4-13(16)12-23(10-11-24)17(25)22-14-6-8-15(9-7-14)28(26)18(19,20)21/h2-9,24H,10-12H2,1H3,(H,22,25). The first-order valence-electron chi connectivity index (χ1n) is 8.13. The summed E-state index contributed by atoms with van der Waals surface area (Å²) in [5.74, 6) is 0.581. The van der Waals surface area contributed by atoms with Gasteiger partial charge in [-0.3, -0.25) is 0 Å². The number of para-hydroxylation sites is 1. The zero-order valence-electron chi connectivity index (χ0n) is 14.9. The van der Waals surface area contributed by atoms with Gasteiger partial charge in [0, 0.05) is 22.7 Å². The first kappa shape index (κ1) is 21.7. The lowest BCUT2D eigenvalue weighted by atomic mass is 10.2. The van der Waals surface area contributed by atoms with Crippen LogP contribution < -0.4 is 10.1 Å². The summed E-state index contributed by atoms with van der Waals surface area (Å²) in [6.45, 7) is -0.0707. The average Bonchev–Trinajstić information content (AvgIpc) is 2.67. The predicted molar refractivity (Wildman–Crippen MR) is 98.4 cm³/mol. The van der Waals surface area contributed by atoms with Crippen molar-refractivity contribution in [3.63, 3.8) is 0 Å². The number of anilines is 1. The van der Waals surface area contributed by atoms with E-state index in [1.54, 1.807) is 24.3 Å². The Balaban J connectivity index is 2.10. The molecule has 2 N–H and O–H groups in total. The topological polar surface area (TPSA) is 78.9 Å². The molecule has 152 valence electrons. The molecule has 2 amide bonds. The predicted octanol–water partition coefficient (Wildman–Crippen LogP) is 3.35. The van der Waals surface area contributed by atoms with Crippen molar-refractivity contribution in [2.24, 2.45) is 0 Å². The van der Waals surface area contributed by atoms with Crippen LogP contribution in [0, 0.1) is 0 Å². The minimum absolute atomic E-state index is 0.0417. The van der Waals surface area contributed by atoms with Crippen molar-refractivity contribution in [2.45, 2.75) is 16.9 Å². The fourth-order valence-electron chi connectivity index (χ4n) is 2.41. The summed E-state index contributed by atoms with van der Waals surface area (Å²) in [6.07, 6.45) is 0. The van der Waals surface area contributed by atoms with Crippen molar-refractivity contribution >= 4 is 22.5 Å². The molecule has 28 heavy (non-hydrogen) atoms. The molecule has 0 saturated heterocycles. The molecule has 0 aliphatic rings. The van der Waals surface area contributed by atoms with E-state index in [2.05, 4.69) is 5.32 Å². The smallest absolute Gasteiger partial charge is 0.475 e. The molecule has 0 heterocycles. The number of carbonyl (C=O) groups excluding carboxylic acids is 1. The number of carbonyl (C=O) groups is 1. The van der Waals surface area contributed by atoms with Gasteiger partial charge in [-0.05, 0) is 30.3 Å². The number of urea groups is 1. The van der Waals surface area contributed by atoms with Gasteiger partial charge in [0.15, 0.2) is 10.8 Å².